The number of carbonyl (C=O) groups is 2. The number of hydrogen-bond donors (Lipinski definition) is 1. The second-order valence-electron chi connectivity index (χ2n) is 7.11. The number of fused-ring (bicyclic) bond motifs is 1. The Morgan fingerprint density at radius 2 is 1.93 bits per heavy atom. The van der Waals surface area contributed by atoms with E-state index in [4.69, 9.17) is 9.73 Å². The molecule has 4 rings (SSSR count). The van der Waals surface area contributed by atoms with Gasteiger partial charge in [0, 0.05) is 17.6 Å². The standard InChI is InChI=1S/C22H22BrN3O3/c1-2-29-21(28)18-19(15-7-9-17(23)10-8-15)24-22(25-20(18)27)26-12-11-14-5-3-4-6-16(14)13-26/h3-10,18-19H,2,11-13H2,1H3,(H,24,25,27)/t18-,19-/m1/s1. The third kappa shape index (κ3) is 4.05. The molecule has 1 N–H and O–H groups in total. The number of esters is 1. The quantitative estimate of drug-likeness (QED) is 0.569. The molecule has 0 saturated heterocycles. The number of guanidine groups is 1. The van der Waals surface area contributed by atoms with Crippen molar-refractivity contribution in [1.82, 2.24) is 10.2 Å². The van der Waals surface area contributed by atoms with Crippen LogP contribution in [-0.4, -0.2) is 35.9 Å². The van der Waals surface area contributed by atoms with Crippen LogP contribution in [0.15, 0.2) is 58.0 Å². The van der Waals surface area contributed by atoms with Gasteiger partial charge in [-0.3, -0.25) is 14.9 Å². The minimum absolute atomic E-state index is 0.217. The number of aliphatic imine (C=N–C) groups is 1. The first-order valence-electron chi connectivity index (χ1n) is 9.69. The number of carbonyl (C=O) groups excluding carboxylic acids is 2. The van der Waals surface area contributed by atoms with Gasteiger partial charge in [-0.2, -0.15) is 0 Å². The SMILES string of the molecule is CCOC(=O)[C@H]1C(=O)NC(N2CCc3ccccc3C2)=N[C@@H]1c1ccc(Br)cc1. The number of nitrogens with one attached hydrogen (secondary N) is 1. The van der Waals surface area contributed by atoms with Crippen LogP contribution in [0.4, 0.5) is 0 Å². The Balaban J connectivity index is 1.68. The van der Waals surface area contributed by atoms with Crippen molar-refractivity contribution in [3.05, 3.63) is 69.7 Å². The van der Waals surface area contributed by atoms with Crippen LogP contribution in [0.5, 0.6) is 0 Å². The lowest BCUT2D eigenvalue weighted by Crippen LogP contribution is -2.53. The van der Waals surface area contributed by atoms with E-state index < -0.39 is 17.9 Å². The lowest BCUT2D eigenvalue weighted by Gasteiger charge is -2.36. The van der Waals surface area contributed by atoms with Gasteiger partial charge in [-0.25, -0.2) is 4.99 Å². The lowest BCUT2D eigenvalue weighted by atomic mass is 9.91. The molecule has 2 atom stereocenters. The summed E-state index contributed by atoms with van der Waals surface area (Å²) in [6, 6.07) is 15.2. The molecule has 0 aromatic heterocycles. The highest BCUT2D eigenvalue weighted by molar-refractivity contribution is 9.10. The van der Waals surface area contributed by atoms with Crippen LogP contribution in [-0.2, 0) is 27.3 Å². The Morgan fingerprint density at radius 3 is 2.66 bits per heavy atom. The number of ether oxygens (including phenoxy) is 1. The zero-order valence-electron chi connectivity index (χ0n) is 16.1. The number of rotatable bonds is 3. The first-order valence-corrected chi connectivity index (χ1v) is 10.5. The van der Waals surface area contributed by atoms with E-state index in [1.807, 2.05) is 36.4 Å². The lowest BCUT2D eigenvalue weighted by molar-refractivity contribution is -0.153. The van der Waals surface area contributed by atoms with Crippen molar-refractivity contribution >= 4 is 33.8 Å². The molecule has 7 heteroatoms. The topological polar surface area (TPSA) is 71.0 Å². The number of halogens is 1. The first kappa shape index (κ1) is 19.6. The monoisotopic (exact) mass is 455 g/mol. The Bertz CT molecular complexity index is 958. The molecule has 0 unspecified atom stereocenters. The fraction of sp³-hybridized carbons (Fsp3) is 0.318. The summed E-state index contributed by atoms with van der Waals surface area (Å²) in [5.74, 6) is -1.42. The molecular weight excluding hydrogens is 434 g/mol. The number of hydrogen-bond acceptors (Lipinski definition) is 5. The van der Waals surface area contributed by atoms with Crippen molar-refractivity contribution in [3.63, 3.8) is 0 Å². The molecule has 1 amide bonds. The van der Waals surface area contributed by atoms with Gasteiger partial charge in [0.1, 0.15) is 6.04 Å². The maximum absolute atomic E-state index is 12.9. The predicted molar refractivity (Wildman–Crippen MR) is 113 cm³/mol. The molecule has 0 fully saturated rings. The smallest absolute Gasteiger partial charge is 0.321 e. The van der Waals surface area contributed by atoms with Crippen molar-refractivity contribution in [3.8, 4) is 0 Å². The second kappa shape index (κ2) is 8.37. The van der Waals surface area contributed by atoms with Crippen LogP contribution in [0.1, 0.15) is 29.7 Å². The second-order valence-corrected chi connectivity index (χ2v) is 8.02. The van der Waals surface area contributed by atoms with E-state index in [2.05, 4.69) is 38.3 Å². The summed E-state index contributed by atoms with van der Waals surface area (Å²) in [5.41, 5.74) is 3.35. The molecular formula is C22H22BrN3O3. The van der Waals surface area contributed by atoms with E-state index in [0.29, 0.717) is 12.5 Å². The van der Waals surface area contributed by atoms with Gasteiger partial charge in [-0.1, -0.05) is 52.3 Å². The summed E-state index contributed by atoms with van der Waals surface area (Å²) in [6.45, 7) is 3.38. The maximum Gasteiger partial charge on any atom is 0.321 e. The van der Waals surface area contributed by atoms with Gasteiger partial charge in [0.25, 0.3) is 0 Å². The van der Waals surface area contributed by atoms with E-state index in [9.17, 15) is 9.59 Å². The van der Waals surface area contributed by atoms with Crippen LogP contribution in [0, 0.1) is 5.92 Å². The molecule has 0 aliphatic carbocycles. The largest absolute Gasteiger partial charge is 0.465 e. The zero-order chi connectivity index (χ0) is 20.4. The minimum Gasteiger partial charge on any atom is -0.465 e. The minimum atomic E-state index is -1.00. The molecule has 29 heavy (non-hydrogen) atoms. The Morgan fingerprint density at radius 1 is 1.21 bits per heavy atom. The van der Waals surface area contributed by atoms with Crippen LogP contribution in [0.2, 0.25) is 0 Å². The predicted octanol–water partition coefficient (Wildman–Crippen LogP) is 3.21. The number of benzene rings is 2. The van der Waals surface area contributed by atoms with Gasteiger partial charge in [0.15, 0.2) is 5.92 Å². The molecule has 2 aliphatic rings. The maximum atomic E-state index is 12.9. The first-order chi connectivity index (χ1) is 14.1. The van der Waals surface area contributed by atoms with Crippen LogP contribution >= 0.6 is 15.9 Å². The molecule has 0 spiro atoms. The molecule has 6 nitrogen and oxygen atoms in total. The summed E-state index contributed by atoms with van der Waals surface area (Å²) < 4.78 is 6.08. The third-order valence-electron chi connectivity index (χ3n) is 5.28. The van der Waals surface area contributed by atoms with Gasteiger partial charge in [0.2, 0.25) is 11.9 Å². The van der Waals surface area contributed by atoms with Crippen LogP contribution in [0.25, 0.3) is 0 Å². The van der Waals surface area contributed by atoms with Gasteiger partial charge in [0.05, 0.1) is 6.61 Å². The van der Waals surface area contributed by atoms with Gasteiger partial charge >= 0.3 is 5.97 Å². The highest BCUT2D eigenvalue weighted by Crippen LogP contribution is 2.32. The van der Waals surface area contributed by atoms with Crippen LogP contribution in [0.3, 0.4) is 0 Å². The molecule has 0 radical (unpaired) electrons. The van der Waals surface area contributed by atoms with Crippen LogP contribution < -0.4 is 5.32 Å². The van der Waals surface area contributed by atoms with Crippen molar-refractivity contribution in [2.24, 2.45) is 10.9 Å². The zero-order valence-corrected chi connectivity index (χ0v) is 17.7. The number of nitrogens with zero attached hydrogens (tertiary/aromatic N) is 2. The van der Waals surface area contributed by atoms with Gasteiger partial charge in [-0.05, 0) is 42.2 Å². The summed E-state index contributed by atoms with van der Waals surface area (Å²) in [5, 5.41) is 2.84. The van der Waals surface area contributed by atoms with E-state index in [1.54, 1.807) is 6.92 Å². The van der Waals surface area contributed by atoms with Crippen molar-refractivity contribution in [2.45, 2.75) is 25.9 Å². The van der Waals surface area contributed by atoms with E-state index in [0.717, 1.165) is 23.0 Å². The normalized spacial score (nSPS) is 21.1. The third-order valence-corrected chi connectivity index (χ3v) is 5.81. The van der Waals surface area contributed by atoms with E-state index >= 15 is 0 Å². The van der Waals surface area contributed by atoms with Gasteiger partial charge < -0.3 is 9.64 Å². The van der Waals surface area contributed by atoms with Crippen molar-refractivity contribution < 1.29 is 14.3 Å². The fourth-order valence-corrected chi connectivity index (χ4v) is 4.07. The average Bonchev–Trinajstić information content (AvgIpc) is 2.73. The van der Waals surface area contributed by atoms with E-state index in [1.165, 1.54) is 11.1 Å². The highest BCUT2D eigenvalue weighted by atomic mass is 79.9. The molecule has 0 saturated carbocycles. The molecule has 150 valence electrons. The molecule has 2 heterocycles. The molecule has 2 aromatic carbocycles. The Labute approximate surface area is 178 Å². The fourth-order valence-electron chi connectivity index (χ4n) is 3.80. The Hall–Kier alpha value is -2.67. The summed E-state index contributed by atoms with van der Waals surface area (Å²) in [7, 11) is 0. The summed E-state index contributed by atoms with van der Waals surface area (Å²) in [4.78, 5) is 32.3. The van der Waals surface area contributed by atoms with Crippen molar-refractivity contribution in [1.29, 1.82) is 0 Å². The molecule has 2 aromatic rings. The van der Waals surface area contributed by atoms with Gasteiger partial charge in [-0.15, -0.1) is 0 Å². The highest BCUT2D eigenvalue weighted by Gasteiger charge is 2.42. The van der Waals surface area contributed by atoms with E-state index in [-0.39, 0.29) is 12.5 Å². The van der Waals surface area contributed by atoms with Crippen molar-refractivity contribution in [2.75, 3.05) is 13.2 Å². The number of amides is 1. The summed E-state index contributed by atoms with van der Waals surface area (Å²) >= 11 is 3.43. The molecule has 0 bridgehead atoms. The summed E-state index contributed by atoms with van der Waals surface area (Å²) in [6.07, 6.45) is 0.884. The molecule has 2 aliphatic heterocycles. The Kier molecular flexibility index (Phi) is 5.67. The average molecular weight is 456 g/mol.